The lowest BCUT2D eigenvalue weighted by atomic mass is 10.0. The molecule has 1 atom stereocenters. The third kappa shape index (κ3) is 8.74. The van der Waals surface area contributed by atoms with Gasteiger partial charge in [0.25, 0.3) is 0 Å². The Morgan fingerprint density at radius 2 is 1.72 bits per heavy atom. The zero-order valence-electron chi connectivity index (χ0n) is 19.1. The van der Waals surface area contributed by atoms with Crippen molar-refractivity contribution in [2.24, 2.45) is 5.92 Å². The van der Waals surface area contributed by atoms with Gasteiger partial charge in [0.15, 0.2) is 0 Å². The van der Waals surface area contributed by atoms with Crippen molar-refractivity contribution in [3.63, 3.8) is 0 Å². The van der Waals surface area contributed by atoms with Crippen LogP contribution in [0.3, 0.4) is 0 Å². The fourth-order valence-corrected chi connectivity index (χ4v) is 3.79. The van der Waals surface area contributed by atoms with E-state index in [4.69, 9.17) is 4.74 Å². The number of benzene rings is 2. The molecule has 1 amide bonds. The van der Waals surface area contributed by atoms with Crippen LogP contribution in [0, 0.1) is 24.7 Å². The Labute approximate surface area is 191 Å². The molecule has 0 aromatic heterocycles. The molecule has 0 fully saturated rings. The Bertz CT molecular complexity index is 1030. The first-order valence-corrected chi connectivity index (χ1v) is 12.4. The monoisotopic (exact) mass is 456 g/mol. The largest absolute Gasteiger partial charge is 0.481 e. The number of carbonyl (C=O) groups is 1. The summed E-state index contributed by atoms with van der Waals surface area (Å²) < 4.78 is 31.7. The minimum absolute atomic E-state index is 0.0601. The van der Waals surface area contributed by atoms with E-state index in [1.165, 1.54) is 5.56 Å². The molecule has 0 bridgehead atoms. The summed E-state index contributed by atoms with van der Waals surface area (Å²) in [5, 5.41) is 2.82. The smallest absolute Gasteiger partial charge is 0.238 e. The summed E-state index contributed by atoms with van der Waals surface area (Å²) in [7, 11) is -3.45. The van der Waals surface area contributed by atoms with E-state index < -0.39 is 16.1 Å². The molecule has 0 aliphatic carbocycles. The van der Waals surface area contributed by atoms with Gasteiger partial charge in [0.05, 0.1) is 5.75 Å². The molecular formula is C25H32N2O4S. The van der Waals surface area contributed by atoms with Gasteiger partial charge in [-0.1, -0.05) is 55.5 Å². The predicted octanol–water partition coefficient (Wildman–Crippen LogP) is 3.05. The van der Waals surface area contributed by atoms with E-state index in [0.717, 1.165) is 16.9 Å². The average Bonchev–Trinajstić information content (AvgIpc) is 2.77. The second kappa shape index (κ2) is 12.3. The number of rotatable bonds is 10. The summed E-state index contributed by atoms with van der Waals surface area (Å²) in [4.78, 5) is 12.4. The Kier molecular flexibility index (Phi) is 9.76. The molecule has 0 spiro atoms. The molecule has 2 aromatic carbocycles. The summed E-state index contributed by atoms with van der Waals surface area (Å²) in [6.07, 6.45) is 0.630. The Balaban J connectivity index is 1.78. The summed E-state index contributed by atoms with van der Waals surface area (Å²) in [6.45, 7) is 7.92. The molecule has 0 aliphatic rings. The standard InChI is InChI=1S/C25H32N2O4S/c1-5-32(29,30)27-24(19(2)3)25(28)26-17-16-22-12-14-23(15-13-22)31-18-6-7-21-10-8-20(4)9-11-21/h8-15,19,24,27H,5,16-18H2,1-4H3,(H,26,28). The molecule has 2 rings (SSSR count). The Morgan fingerprint density at radius 3 is 2.31 bits per heavy atom. The number of nitrogens with one attached hydrogen (secondary N) is 2. The van der Waals surface area contributed by atoms with Gasteiger partial charge in [-0.05, 0) is 56.0 Å². The van der Waals surface area contributed by atoms with Crippen LogP contribution in [0.2, 0.25) is 0 Å². The van der Waals surface area contributed by atoms with Gasteiger partial charge in [-0.3, -0.25) is 4.79 Å². The normalized spacial score (nSPS) is 12.0. The Hall–Kier alpha value is -2.82. The number of sulfonamides is 1. The summed E-state index contributed by atoms with van der Waals surface area (Å²) in [6, 6.07) is 14.9. The number of hydrogen-bond acceptors (Lipinski definition) is 4. The van der Waals surface area contributed by atoms with E-state index >= 15 is 0 Å². The molecule has 0 saturated carbocycles. The maximum absolute atomic E-state index is 12.4. The van der Waals surface area contributed by atoms with E-state index in [2.05, 4.69) is 21.9 Å². The van der Waals surface area contributed by atoms with Crippen molar-refractivity contribution < 1.29 is 17.9 Å². The number of carbonyl (C=O) groups excluding carboxylic acids is 1. The zero-order valence-corrected chi connectivity index (χ0v) is 20.0. The van der Waals surface area contributed by atoms with Crippen LogP contribution in [0.25, 0.3) is 0 Å². The van der Waals surface area contributed by atoms with Crippen molar-refractivity contribution in [1.29, 1.82) is 0 Å². The van der Waals surface area contributed by atoms with Crippen LogP contribution < -0.4 is 14.8 Å². The van der Waals surface area contributed by atoms with Gasteiger partial charge in [0.2, 0.25) is 15.9 Å². The minimum Gasteiger partial charge on any atom is -0.481 e. The summed E-state index contributed by atoms with van der Waals surface area (Å²) in [5.41, 5.74) is 3.20. The minimum atomic E-state index is -3.45. The molecular weight excluding hydrogens is 424 g/mol. The molecule has 2 N–H and O–H groups in total. The molecule has 0 aliphatic heterocycles. The van der Waals surface area contributed by atoms with Gasteiger partial charge in [-0.25, -0.2) is 13.1 Å². The third-order valence-corrected chi connectivity index (χ3v) is 6.24. The molecule has 32 heavy (non-hydrogen) atoms. The second-order valence-corrected chi connectivity index (χ2v) is 9.93. The van der Waals surface area contributed by atoms with Crippen LogP contribution in [0.15, 0.2) is 48.5 Å². The topological polar surface area (TPSA) is 84.5 Å². The molecule has 1 unspecified atom stereocenters. The molecule has 172 valence electrons. The number of aryl methyl sites for hydroxylation is 1. The van der Waals surface area contributed by atoms with Crippen molar-refractivity contribution in [1.82, 2.24) is 10.0 Å². The first-order valence-electron chi connectivity index (χ1n) is 10.7. The van der Waals surface area contributed by atoms with Crippen molar-refractivity contribution >= 4 is 15.9 Å². The van der Waals surface area contributed by atoms with Gasteiger partial charge in [-0.15, -0.1) is 0 Å². The maximum Gasteiger partial charge on any atom is 0.238 e. The van der Waals surface area contributed by atoms with E-state index in [-0.39, 0.29) is 17.6 Å². The van der Waals surface area contributed by atoms with Crippen molar-refractivity contribution in [2.75, 3.05) is 18.9 Å². The lowest BCUT2D eigenvalue weighted by Crippen LogP contribution is -2.50. The van der Waals surface area contributed by atoms with Crippen LogP contribution in [0.1, 0.15) is 37.5 Å². The van der Waals surface area contributed by atoms with Gasteiger partial charge in [0.1, 0.15) is 18.4 Å². The van der Waals surface area contributed by atoms with Crippen LogP contribution in [0.5, 0.6) is 5.75 Å². The number of ether oxygens (including phenoxy) is 1. The predicted molar refractivity (Wildman–Crippen MR) is 128 cm³/mol. The zero-order chi connectivity index (χ0) is 23.6. The fraction of sp³-hybridized carbons (Fsp3) is 0.400. The van der Waals surface area contributed by atoms with Crippen LogP contribution >= 0.6 is 0 Å². The van der Waals surface area contributed by atoms with Gasteiger partial charge in [-0.2, -0.15) is 0 Å². The highest BCUT2D eigenvalue weighted by molar-refractivity contribution is 7.89. The lowest BCUT2D eigenvalue weighted by molar-refractivity contribution is -0.123. The SMILES string of the molecule is CCS(=O)(=O)NC(C(=O)NCCc1ccc(OCC#Cc2ccc(C)cc2)cc1)C(C)C. The highest BCUT2D eigenvalue weighted by Gasteiger charge is 2.26. The van der Waals surface area contributed by atoms with Crippen molar-refractivity contribution in [3.05, 3.63) is 65.2 Å². The number of hydrogen-bond donors (Lipinski definition) is 2. The summed E-state index contributed by atoms with van der Waals surface area (Å²) >= 11 is 0. The van der Waals surface area contributed by atoms with E-state index in [1.807, 2.05) is 69.3 Å². The van der Waals surface area contributed by atoms with E-state index in [9.17, 15) is 13.2 Å². The molecule has 7 heteroatoms. The van der Waals surface area contributed by atoms with Crippen molar-refractivity contribution in [2.45, 2.75) is 40.2 Å². The highest BCUT2D eigenvalue weighted by Crippen LogP contribution is 2.12. The second-order valence-electron chi connectivity index (χ2n) is 7.88. The molecule has 0 heterocycles. The lowest BCUT2D eigenvalue weighted by Gasteiger charge is -2.21. The third-order valence-electron chi connectivity index (χ3n) is 4.87. The van der Waals surface area contributed by atoms with Gasteiger partial charge >= 0.3 is 0 Å². The first kappa shape index (κ1) is 25.4. The highest BCUT2D eigenvalue weighted by atomic mass is 32.2. The number of amides is 1. The quantitative estimate of drug-likeness (QED) is 0.538. The van der Waals surface area contributed by atoms with Gasteiger partial charge < -0.3 is 10.1 Å². The fourth-order valence-electron chi connectivity index (χ4n) is 2.86. The molecule has 6 nitrogen and oxygen atoms in total. The van der Waals surface area contributed by atoms with Crippen molar-refractivity contribution in [3.8, 4) is 17.6 Å². The Morgan fingerprint density at radius 1 is 1.06 bits per heavy atom. The van der Waals surface area contributed by atoms with Crippen LogP contribution in [-0.2, 0) is 21.2 Å². The molecule has 2 aromatic rings. The average molecular weight is 457 g/mol. The maximum atomic E-state index is 12.4. The van der Waals surface area contributed by atoms with E-state index in [0.29, 0.717) is 19.6 Å². The first-order chi connectivity index (χ1) is 15.2. The van der Waals surface area contributed by atoms with Crippen LogP contribution in [-0.4, -0.2) is 39.3 Å². The van der Waals surface area contributed by atoms with Gasteiger partial charge in [0, 0.05) is 12.1 Å². The van der Waals surface area contributed by atoms with E-state index in [1.54, 1.807) is 6.92 Å². The molecule has 0 radical (unpaired) electrons. The van der Waals surface area contributed by atoms with Crippen LogP contribution in [0.4, 0.5) is 0 Å². The summed E-state index contributed by atoms with van der Waals surface area (Å²) in [5.74, 6) is 6.27. The molecule has 0 saturated heterocycles.